The van der Waals surface area contributed by atoms with Crippen LogP contribution in [0.15, 0.2) is 79.0 Å². The van der Waals surface area contributed by atoms with Gasteiger partial charge in [0.15, 0.2) is 5.11 Å². The number of anilines is 1. The highest BCUT2D eigenvalue weighted by atomic mass is 32.1. The number of aromatic carboxylic acids is 1. The summed E-state index contributed by atoms with van der Waals surface area (Å²) in [4.78, 5) is 31.2. The lowest BCUT2D eigenvalue weighted by Crippen LogP contribution is -2.32. The van der Waals surface area contributed by atoms with Gasteiger partial charge in [0.1, 0.15) is 0 Å². The fourth-order valence-corrected chi connectivity index (χ4v) is 5.66. The molecule has 1 saturated heterocycles. The molecule has 204 valence electrons. The van der Waals surface area contributed by atoms with Gasteiger partial charge in [0.2, 0.25) is 5.91 Å². The molecule has 2 atom stereocenters. The lowest BCUT2D eigenvalue weighted by atomic mass is 9.96. The maximum atomic E-state index is 12.9. The number of nitrogens with zero attached hydrogens (tertiary/aromatic N) is 3. The van der Waals surface area contributed by atoms with E-state index in [0.717, 1.165) is 39.6 Å². The van der Waals surface area contributed by atoms with Gasteiger partial charge < -0.3 is 25.2 Å². The third kappa shape index (κ3) is 5.46. The summed E-state index contributed by atoms with van der Waals surface area (Å²) in [7, 11) is 0. The number of thiocarbonyl (C=S) groups is 1. The lowest BCUT2D eigenvalue weighted by molar-refractivity contribution is -0.116. The summed E-state index contributed by atoms with van der Waals surface area (Å²) in [6.45, 7) is 6.44. The summed E-state index contributed by atoms with van der Waals surface area (Å²) in [6, 6.07) is 22.1. The fourth-order valence-electron chi connectivity index (χ4n) is 5.33. The number of hydrogen-bond acceptors (Lipinski definition) is 4. The molecule has 1 amide bonds. The number of benzene rings is 2. The topological polar surface area (TPSA) is 99.5 Å². The number of carboxylic acid groups (broad SMARTS) is 1. The minimum Gasteiger partial charge on any atom is -0.478 e. The number of carbonyl (C=O) groups is 2. The molecule has 0 bridgehead atoms. The number of nitrogens with one attached hydrogen (secondary N) is 2. The van der Waals surface area contributed by atoms with Crippen molar-refractivity contribution in [2.24, 2.45) is 0 Å². The minimum atomic E-state index is -0.972. The summed E-state index contributed by atoms with van der Waals surface area (Å²) < 4.78 is 2.06. The Kier molecular flexibility index (Phi) is 7.66. The molecular formula is C31H31N5O3S. The Morgan fingerprint density at radius 1 is 1.02 bits per heavy atom. The third-order valence-electron chi connectivity index (χ3n) is 7.25. The zero-order valence-electron chi connectivity index (χ0n) is 22.6. The van der Waals surface area contributed by atoms with Gasteiger partial charge in [-0.05, 0) is 87.1 Å². The average Bonchev–Trinajstić information content (AvgIpc) is 3.43. The summed E-state index contributed by atoms with van der Waals surface area (Å²) in [5.41, 5.74) is 6.68. The maximum absolute atomic E-state index is 12.9. The van der Waals surface area contributed by atoms with Crippen molar-refractivity contribution in [2.75, 3.05) is 11.9 Å². The maximum Gasteiger partial charge on any atom is 0.335 e. The van der Waals surface area contributed by atoms with Crippen LogP contribution in [0.25, 0.3) is 5.69 Å². The fraction of sp³-hybridized carbons (Fsp3) is 0.226. The first-order valence-corrected chi connectivity index (χ1v) is 13.5. The highest BCUT2D eigenvalue weighted by Gasteiger charge is 2.41. The van der Waals surface area contributed by atoms with E-state index in [2.05, 4.69) is 31.2 Å². The molecule has 0 spiro atoms. The quantitative estimate of drug-likeness (QED) is 0.248. The van der Waals surface area contributed by atoms with Crippen LogP contribution in [0.3, 0.4) is 0 Å². The Labute approximate surface area is 238 Å². The first-order valence-electron chi connectivity index (χ1n) is 13.1. The molecule has 9 heteroatoms. The van der Waals surface area contributed by atoms with E-state index < -0.39 is 5.97 Å². The van der Waals surface area contributed by atoms with Gasteiger partial charge in [-0.15, -0.1) is 0 Å². The molecule has 1 aliphatic rings. The molecular weight excluding hydrogens is 522 g/mol. The van der Waals surface area contributed by atoms with E-state index in [4.69, 9.17) is 12.2 Å². The number of aromatic nitrogens is 2. The molecule has 0 unspecified atom stereocenters. The van der Waals surface area contributed by atoms with Gasteiger partial charge in [0.05, 0.1) is 23.3 Å². The zero-order valence-corrected chi connectivity index (χ0v) is 23.4. The zero-order chi connectivity index (χ0) is 28.4. The van der Waals surface area contributed by atoms with Crippen molar-refractivity contribution in [3.63, 3.8) is 0 Å². The second kappa shape index (κ2) is 11.3. The van der Waals surface area contributed by atoms with Crippen LogP contribution in [-0.4, -0.2) is 43.1 Å². The van der Waals surface area contributed by atoms with Gasteiger partial charge in [0, 0.05) is 41.9 Å². The van der Waals surface area contributed by atoms with Crippen molar-refractivity contribution in [3.8, 4) is 5.69 Å². The van der Waals surface area contributed by atoms with Gasteiger partial charge in [-0.3, -0.25) is 9.78 Å². The Hall–Kier alpha value is -4.50. The Morgan fingerprint density at radius 2 is 1.80 bits per heavy atom. The van der Waals surface area contributed by atoms with E-state index in [1.165, 1.54) is 0 Å². The summed E-state index contributed by atoms with van der Waals surface area (Å²) in [5.74, 6) is -1.07. The third-order valence-corrected chi connectivity index (χ3v) is 7.61. The van der Waals surface area contributed by atoms with Crippen LogP contribution in [-0.2, 0) is 4.79 Å². The van der Waals surface area contributed by atoms with Crippen molar-refractivity contribution < 1.29 is 14.7 Å². The van der Waals surface area contributed by atoms with E-state index in [1.807, 2.05) is 69.3 Å². The Morgan fingerprint density at radius 3 is 2.50 bits per heavy atom. The average molecular weight is 554 g/mol. The molecule has 0 radical (unpaired) electrons. The Balaban J connectivity index is 1.48. The molecule has 0 saturated carbocycles. The van der Waals surface area contributed by atoms with Crippen LogP contribution in [0.4, 0.5) is 5.69 Å². The monoisotopic (exact) mass is 553 g/mol. The van der Waals surface area contributed by atoms with Gasteiger partial charge in [-0.25, -0.2) is 4.79 Å². The predicted molar refractivity (Wildman–Crippen MR) is 159 cm³/mol. The first-order chi connectivity index (χ1) is 19.2. The highest BCUT2D eigenvalue weighted by Crippen LogP contribution is 2.41. The standard InChI is InChI=1S/C31H31N5O3S/c1-19-10-12-23(13-11-19)33-27(37)14-16-35-29(28(34-31(35)40)26-9-4-5-15-32-26)25-17-20(2)36(21(25)3)24-8-6-7-22(18-24)30(38)39/h4-13,15,17-18,28-29H,14,16H2,1-3H3,(H,33,37)(H,34,40)(H,38,39)/t28-,29+/m0/s1. The minimum absolute atomic E-state index is 0.0948. The predicted octanol–water partition coefficient (Wildman–Crippen LogP) is 5.50. The smallest absolute Gasteiger partial charge is 0.335 e. The van der Waals surface area contributed by atoms with Crippen LogP contribution in [0.1, 0.15) is 57.1 Å². The van der Waals surface area contributed by atoms with E-state index in [-0.39, 0.29) is 30.0 Å². The van der Waals surface area contributed by atoms with E-state index in [9.17, 15) is 14.7 Å². The molecule has 4 aromatic rings. The number of carbonyl (C=O) groups excluding carboxylic acids is 1. The molecule has 5 rings (SSSR count). The van der Waals surface area contributed by atoms with Gasteiger partial charge in [-0.1, -0.05) is 29.8 Å². The van der Waals surface area contributed by atoms with E-state index in [0.29, 0.717) is 11.7 Å². The van der Waals surface area contributed by atoms with Crippen LogP contribution < -0.4 is 10.6 Å². The lowest BCUT2D eigenvalue weighted by Gasteiger charge is -2.28. The van der Waals surface area contributed by atoms with Crippen LogP contribution >= 0.6 is 12.2 Å². The Bertz CT molecular complexity index is 1570. The van der Waals surface area contributed by atoms with Crippen molar-refractivity contribution in [1.82, 2.24) is 19.8 Å². The summed E-state index contributed by atoms with van der Waals surface area (Å²) in [6.07, 6.45) is 2.01. The molecule has 1 fully saturated rings. The first kappa shape index (κ1) is 27.1. The molecule has 2 aromatic carbocycles. The van der Waals surface area contributed by atoms with Crippen molar-refractivity contribution in [3.05, 3.63) is 113 Å². The van der Waals surface area contributed by atoms with Gasteiger partial charge in [0.25, 0.3) is 0 Å². The number of amides is 1. The van der Waals surface area contributed by atoms with Crippen LogP contribution in [0.5, 0.6) is 0 Å². The molecule has 0 aliphatic carbocycles. The molecule has 1 aliphatic heterocycles. The number of hydrogen-bond donors (Lipinski definition) is 3. The second-order valence-corrected chi connectivity index (χ2v) is 10.4. The summed E-state index contributed by atoms with van der Waals surface area (Å²) in [5, 5.41) is 16.5. The molecule has 2 aromatic heterocycles. The van der Waals surface area contributed by atoms with Crippen LogP contribution in [0, 0.1) is 20.8 Å². The van der Waals surface area contributed by atoms with Crippen molar-refractivity contribution in [1.29, 1.82) is 0 Å². The van der Waals surface area contributed by atoms with Crippen LogP contribution in [0.2, 0.25) is 0 Å². The normalized spacial score (nSPS) is 16.6. The number of rotatable bonds is 8. The largest absolute Gasteiger partial charge is 0.478 e. The molecule has 40 heavy (non-hydrogen) atoms. The number of aryl methyl sites for hydroxylation is 2. The van der Waals surface area contributed by atoms with Gasteiger partial charge in [-0.2, -0.15) is 0 Å². The van der Waals surface area contributed by atoms with Gasteiger partial charge >= 0.3 is 5.97 Å². The van der Waals surface area contributed by atoms with E-state index >= 15 is 0 Å². The highest BCUT2D eigenvalue weighted by molar-refractivity contribution is 7.80. The van der Waals surface area contributed by atoms with Crippen molar-refractivity contribution >= 4 is 34.9 Å². The van der Waals surface area contributed by atoms with E-state index in [1.54, 1.807) is 24.4 Å². The molecule has 3 N–H and O–H groups in total. The SMILES string of the molecule is Cc1ccc(NC(=O)CCN2C(=S)N[C@@H](c3ccccn3)[C@H]2c2cc(C)n(-c3cccc(C(=O)O)c3)c2C)cc1. The number of carboxylic acids is 1. The summed E-state index contributed by atoms with van der Waals surface area (Å²) >= 11 is 5.80. The molecule has 3 heterocycles. The van der Waals surface area contributed by atoms with Crippen molar-refractivity contribution in [2.45, 2.75) is 39.3 Å². The number of pyridine rings is 1. The molecule has 8 nitrogen and oxygen atoms in total. The second-order valence-electron chi connectivity index (χ2n) is 10.0.